The Bertz CT molecular complexity index is 1890. The molecule has 1 aliphatic rings. The van der Waals surface area contributed by atoms with Crippen LogP contribution in [0.3, 0.4) is 0 Å². The molecule has 6 aromatic rings. The van der Waals surface area contributed by atoms with Gasteiger partial charge in [0.25, 0.3) is 0 Å². The first-order valence-electron chi connectivity index (χ1n) is 15.8. The molecule has 0 amide bonds. The highest BCUT2D eigenvalue weighted by atomic mass is 16.5. The predicted molar refractivity (Wildman–Crippen MR) is 189 cm³/mol. The highest BCUT2D eigenvalue weighted by Gasteiger charge is 2.44. The van der Waals surface area contributed by atoms with Gasteiger partial charge < -0.3 is 10.1 Å². The molecule has 1 aliphatic carbocycles. The molecule has 0 radical (unpaired) electrons. The van der Waals surface area contributed by atoms with Crippen LogP contribution in [0.25, 0.3) is 28.3 Å². The van der Waals surface area contributed by atoms with Crippen molar-refractivity contribution >= 4 is 17.5 Å². The van der Waals surface area contributed by atoms with Crippen molar-refractivity contribution in [3.05, 3.63) is 180 Å². The van der Waals surface area contributed by atoms with Crippen LogP contribution in [0, 0.1) is 0 Å². The van der Waals surface area contributed by atoms with Crippen LogP contribution in [0.2, 0.25) is 0 Å². The van der Waals surface area contributed by atoms with Crippen molar-refractivity contribution in [1.29, 1.82) is 0 Å². The van der Waals surface area contributed by atoms with Gasteiger partial charge in [-0.2, -0.15) is 0 Å². The topological polar surface area (TPSA) is 21.3 Å². The molecule has 0 aromatic heterocycles. The summed E-state index contributed by atoms with van der Waals surface area (Å²) in [4.78, 5) is 0. The van der Waals surface area contributed by atoms with E-state index in [0.29, 0.717) is 6.61 Å². The van der Waals surface area contributed by atoms with Crippen LogP contribution in [-0.4, -0.2) is 6.61 Å². The van der Waals surface area contributed by atoms with Crippen molar-refractivity contribution in [2.24, 2.45) is 0 Å². The normalized spacial score (nSPS) is 14.8. The summed E-state index contributed by atoms with van der Waals surface area (Å²) in [7, 11) is 0. The SMILES string of the molecule is C=Cc1ccc(OCCCCC2(c3ccccc3)c3ccccc3-c3ccc(Nc4ccc(-c5ccccc5)cc4)cc32)cc1. The Labute approximate surface area is 266 Å². The average molecular weight is 584 g/mol. The summed E-state index contributed by atoms with van der Waals surface area (Å²) in [6.45, 7) is 4.53. The summed E-state index contributed by atoms with van der Waals surface area (Å²) in [5.41, 5.74) is 12.2. The molecule has 220 valence electrons. The molecule has 2 heteroatoms. The van der Waals surface area contributed by atoms with E-state index in [-0.39, 0.29) is 5.41 Å². The zero-order chi connectivity index (χ0) is 30.5. The van der Waals surface area contributed by atoms with Crippen molar-refractivity contribution in [2.45, 2.75) is 24.7 Å². The zero-order valence-corrected chi connectivity index (χ0v) is 25.5. The van der Waals surface area contributed by atoms with Gasteiger partial charge in [0.2, 0.25) is 0 Å². The van der Waals surface area contributed by atoms with E-state index >= 15 is 0 Å². The van der Waals surface area contributed by atoms with Gasteiger partial charge in [-0.05, 0) is 100 Å². The lowest BCUT2D eigenvalue weighted by atomic mass is 9.69. The van der Waals surface area contributed by atoms with Crippen LogP contribution >= 0.6 is 0 Å². The Kier molecular flexibility index (Phi) is 8.04. The quantitative estimate of drug-likeness (QED) is 0.153. The number of nitrogens with one attached hydrogen (secondary N) is 1. The van der Waals surface area contributed by atoms with Gasteiger partial charge in [0, 0.05) is 16.8 Å². The highest BCUT2D eigenvalue weighted by molar-refractivity contribution is 5.85. The van der Waals surface area contributed by atoms with E-state index in [1.165, 1.54) is 38.9 Å². The van der Waals surface area contributed by atoms with Gasteiger partial charge in [-0.1, -0.05) is 128 Å². The minimum atomic E-state index is -0.242. The minimum absolute atomic E-state index is 0.242. The molecule has 6 aromatic carbocycles. The zero-order valence-electron chi connectivity index (χ0n) is 25.5. The molecular formula is C43H37NO. The number of anilines is 2. The molecule has 45 heavy (non-hydrogen) atoms. The molecule has 0 spiro atoms. The smallest absolute Gasteiger partial charge is 0.119 e. The summed E-state index contributed by atoms with van der Waals surface area (Å²) in [5, 5.41) is 3.70. The fourth-order valence-corrected chi connectivity index (χ4v) is 6.82. The molecule has 1 unspecified atom stereocenters. The maximum Gasteiger partial charge on any atom is 0.119 e. The lowest BCUT2D eigenvalue weighted by Gasteiger charge is -2.33. The van der Waals surface area contributed by atoms with E-state index in [4.69, 9.17) is 4.74 Å². The van der Waals surface area contributed by atoms with Gasteiger partial charge in [0.1, 0.15) is 5.75 Å². The molecule has 7 rings (SSSR count). The van der Waals surface area contributed by atoms with E-state index < -0.39 is 0 Å². The van der Waals surface area contributed by atoms with Crippen LogP contribution in [-0.2, 0) is 5.41 Å². The number of hydrogen-bond acceptors (Lipinski definition) is 2. The standard InChI is InChI=1S/C43H37NO/c1-2-32-19-26-38(27-20-32)45-30-12-11-29-43(35-15-7-4-8-16-35)41-18-10-9-17-39(41)40-28-25-37(31-42(40)43)44-36-23-21-34(22-24-36)33-13-5-3-6-14-33/h2-10,13-28,31,44H,1,11-12,29-30H2. The van der Waals surface area contributed by atoms with Crippen molar-refractivity contribution in [1.82, 2.24) is 0 Å². The molecule has 0 heterocycles. The Hall–Kier alpha value is -5.34. The second-order valence-electron chi connectivity index (χ2n) is 11.7. The van der Waals surface area contributed by atoms with Gasteiger partial charge in [-0.3, -0.25) is 0 Å². The van der Waals surface area contributed by atoms with Crippen LogP contribution < -0.4 is 10.1 Å². The van der Waals surface area contributed by atoms with Gasteiger partial charge in [0.15, 0.2) is 0 Å². The second-order valence-corrected chi connectivity index (χ2v) is 11.7. The summed E-state index contributed by atoms with van der Waals surface area (Å²) in [5.74, 6) is 0.905. The second kappa shape index (κ2) is 12.7. The summed E-state index contributed by atoms with van der Waals surface area (Å²) in [6.07, 6.45) is 4.86. The molecule has 0 saturated carbocycles. The molecule has 1 atom stereocenters. The van der Waals surface area contributed by atoms with E-state index in [9.17, 15) is 0 Å². The first kappa shape index (κ1) is 28.4. The van der Waals surface area contributed by atoms with Gasteiger partial charge >= 0.3 is 0 Å². The van der Waals surface area contributed by atoms with Crippen LogP contribution in [0.15, 0.2) is 158 Å². The van der Waals surface area contributed by atoms with Crippen molar-refractivity contribution in [2.75, 3.05) is 11.9 Å². The minimum Gasteiger partial charge on any atom is -0.494 e. The number of ether oxygens (including phenoxy) is 1. The molecule has 0 aliphatic heterocycles. The lowest BCUT2D eigenvalue weighted by molar-refractivity contribution is 0.301. The third-order valence-electron chi connectivity index (χ3n) is 9.03. The fraction of sp³-hybridized carbons (Fsp3) is 0.116. The number of fused-ring (bicyclic) bond motifs is 3. The van der Waals surface area contributed by atoms with Crippen LogP contribution in [0.1, 0.15) is 41.5 Å². The summed E-state index contributed by atoms with van der Waals surface area (Å²) >= 11 is 0. The van der Waals surface area contributed by atoms with Gasteiger partial charge in [-0.15, -0.1) is 0 Å². The molecule has 2 nitrogen and oxygen atoms in total. The number of benzene rings is 6. The first-order valence-corrected chi connectivity index (χ1v) is 15.8. The molecule has 0 bridgehead atoms. The van der Waals surface area contributed by atoms with Crippen LogP contribution in [0.4, 0.5) is 11.4 Å². The van der Waals surface area contributed by atoms with E-state index in [1.807, 2.05) is 30.3 Å². The molecule has 0 fully saturated rings. The Morgan fingerprint density at radius 1 is 0.578 bits per heavy atom. The highest BCUT2D eigenvalue weighted by Crippen LogP contribution is 2.55. The summed E-state index contributed by atoms with van der Waals surface area (Å²) in [6, 6.07) is 54.3. The maximum absolute atomic E-state index is 6.13. The number of unbranched alkanes of at least 4 members (excludes halogenated alkanes) is 1. The number of hydrogen-bond donors (Lipinski definition) is 1. The predicted octanol–water partition coefficient (Wildman–Crippen LogP) is 11.3. The largest absolute Gasteiger partial charge is 0.494 e. The van der Waals surface area contributed by atoms with E-state index in [2.05, 4.69) is 139 Å². The third kappa shape index (κ3) is 5.68. The number of rotatable bonds is 11. The Morgan fingerprint density at radius 2 is 1.22 bits per heavy atom. The Balaban J connectivity index is 1.18. The van der Waals surface area contributed by atoms with E-state index in [0.717, 1.165) is 42.0 Å². The van der Waals surface area contributed by atoms with Gasteiger partial charge in [-0.25, -0.2) is 0 Å². The molecular weight excluding hydrogens is 546 g/mol. The maximum atomic E-state index is 6.13. The average Bonchev–Trinajstić information content (AvgIpc) is 3.39. The molecule has 0 saturated heterocycles. The third-order valence-corrected chi connectivity index (χ3v) is 9.03. The van der Waals surface area contributed by atoms with Crippen molar-refractivity contribution in [3.63, 3.8) is 0 Å². The van der Waals surface area contributed by atoms with Crippen LogP contribution in [0.5, 0.6) is 5.75 Å². The van der Waals surface area contributed by atoms with Gasteiger partial charge in [0.05, 0.1) is 6.61 Å². The lowest BCUT2D eigenvalue weighted by Crippen LogP contribution is -2.27. The monoisotopic (exact) mass is 583 g/mol. The summed E-state index contributed by atoms with van der Waals surface area (Å²) < 4.78 is 6.13. The fourth-order valence-electron chi connectivity index (χ4n) is 6.82. The Morgan fingerprint density at radius 3 is 1.98 bits per heavy atom. The van der Waals surface area contributed by atoms with Crippen molar-refractivity contribution < 1.29 is 4.74 Å². The van der Waals surface area contributed by atoms with Crippen molar-refractivity contribution in [3.8, 4) is 28.0 Å². The van der Waals surface area contributed by atoms with E-state index in [1.54, 1.807) is 0 Å². The first-order chi connectivity index (χ1) is 22.2. The molecule has 1 N–H and O–H groups in total.